The van der Waals surface area contributed by atoms with E-state index in [4.69, 9.17) is 13.9 Å². The van der Waals surface area contributed by atoms with Crippen LogP contribution in [0, 0.1) is 0 Å². The summed E-state index contributed by atoms with van der Waals surface area (Å²) in [6.45, 7) is 0.905. The molecule has 0 saturated carbocycles. The molecule has 0 bridgehead atoms. The summed E-state index contributed by atoms with van der Waals surface area (Å²) in [5, 5.41) is 13.9. The Morgan fingerprint density at radius 1 is 1.00 bits per heavy atom. The Morgan fingerprint density at radius 2 is 1.86 bits per heavy atom. The fourth-order valence-corrected chi connectivity index (χ4v) is 5.56. The van der Waals surface area contributed by atoms with Crippen LogP contribution in [0.4, 0.5) is 0 Å². The Kier molecular flexibility index (Phi) is 7.41. The number of methoxy groups -OCH3 is 2. The molecule has 3 heterocycles. The number of benzene rings is 3. The molecule has 1 aliphatic heterocycles. The number of hydrogen-bond acceptors (Lipinski definition) is 7. The minimum Gasteiger partial charge on any atom is -0.497 e. The third kappa shape index (κ3) is 4.92. The molecule has 7 nitrogen and oxygen atoms in total. The molecule has 1 aliphatic rings. The van der Waals surface area contributed by atoms with Crippen LogP contribution in [-0.4, -0.2) is 35.9 Å². The molecule has 0 radical (unpaired) electrons. The molecule has 0 amide bonds. The van der Waals surface area contributed by atoms with Gasteiger partial charge in [0.15, 0.2) is 0 Å². The quantitative estimate of drug-likeness (QED) is 0.241. The van der Waals surface area contributed by atoms with Gasteiger partial charge in [-0.1, -0.05) is 36.0 Å². The molecular formula is C28H27ClN4O3S. The van der Waals surface area contributed by atoms with Gasteiger partial charge in [0.25, 0.3) is 5.22 Å². The average molecular weight is 535 g/mol. The highest BCUT2D eigenvalue weighted by atomic mass is 35.5. The lowest BCUT2D eigenvalue weighted by molar-refractivity contribution is 0.410. The molecule has 3 aromatic carbocycles. The second-order valence-corrected chi connectivity index (χ2v) is 9.59. The SMILES string of the molecule is COc1ccc2[nH]c3c(c2c1)CCNC3c1ccc(OC)c(CSc2nnc(-c3ccccc3)o2)c1.Cl. The molecule has 0 fully saturated rings. The van der Waals surface area contributed by atoms with Crippen LogP contribution in [0.2, 0.25) is 0 Å². The third-order valence-electron chi connectivity index (χ3n) is 6.57. The van der Waals surface area contributed by atoms with E-state index in [9.17, 15) is 0 Å². The van der Waals surface area contributed by atoms with E-state index in [1.807, 2.05) is 42.5 Å². The fourth-order valence-electron chi connectivity index (χ4n) is 4.81. The summed E-state index contributed by atoms with van der Waals surface area (Å²) in [6, 6.07) is 22.4. The summed E-state index contributed by atoms with van der Waals surface area (Å²) in [4.78, 5) is 3.65. The van der Waals surface area contributed by atoms with Gasteiger partial charge < -0.3 is 24.2 Å². The normalized spacial score (nSPS) is 14.7. The monoisotopic (exact) mass is 534 g/mol. The minimum atomic E-state index is 0. The lowest BCUT2D eigenvalue weighted by Gasteiger charge is -2.25. The summed E-state index contributed by atoms with van der Waals surface area (Å²) in [5.74, 6) is 2.89. The van der Waals surface area contributed by atoms with E-state index < -0.39 is 0 Å². The number of fused-ring (bicyclic) bond motifs is 3. The van der Waals surface area contributed by atoms with E-state index in [2.05, 4.69) is 44.8 Å². The highest BCUT2D eigenvalue weighted by molar-refractivity contribution is 7.98. The Morgan fingerprint density at radius 3 is 2.68 bits per heavy atom. The van der Waals surface area contributed by atoms with Crippen LogP contribution in [-0.2, 0) is 12.2 Å². The van der Waals surface area contributed by atoms with Gasteiger partial charge in [0.05, 0.1) is 20.3 Å². The van der Waals surface area contributed by atoms with Crippen molar-refractivity contribution in [1.82, 2.24) is 20.5 Å². The number of nitrogens with one attached hydrogen (secondary N) is 2. The van der Waals surface area contributed by atoms with Crippen LogP contribution < -0.4 is 14.8 Å². The van der Waals surface area contributed by atoms with Gasteiger partial charge in [-0.25, -0.2) is 0 Å². The molecule has 0 aliphatic carbocycles. The van der Waals surface area contributed by atoms with E-state index in [1.165, 1.54) is 34.0 Å². The Labute approximate surface area is 225 Å². The molecule has 190 valence electrons. The molecule has 0 spiro atoms. The smallest absolute Gasteiger partial charge is 0.277 e. The van der Waals surface area contributed by atoms with E-state index in [0.29, 0.717) is 16.9 Å². The zero-order chi connectivity index (χ0) is 24.5. The van der Waals surface area contributed by atoms with Gasteiger partial charge in [0, 0.05) is 40.0 Å². The number of ether oxygens (including phenoxy) is 2. The molecule has 5 aromatic rings. The van der Waals surface area contributed by atoms with Crippen molar-refractivity contribution in [3.8, 4) is 23.0 Å². The van der Waals surface area contributed by atoms with Crippen molar-refractivity contribution >= 4 is 35.1 Å². The van der Waals surface area contributed by atoms with Gasteiger partial charge in [0.2, 0.25) is 5.89 Å². The summed E-state index contributed by atoms with van der Waals surface area (Å²) in [5.41, 5.74) is 6.85. The number of aromatic nitrogens is 3. The molecule has 1 atom stereocenters. The maximum absolute atomic E-state index is 5.88. The van der Waals surface area contributed by atoms with Gasteiger partial charge in [0.1, 0.15) is 11.5 Å². The Bertz CT molecular complexity index is 1520. The first-order chi connectivity index (χ1) is 17.7. The zero-order valence-electron chi connectivity index (χ0n) is 20.5. The molecule has 2 aromatic heterocycles. The predicted molar refractivity (Wildman–Crippen MR) is 148 cm³/mol. The largest absolute Gasteiger partial charge is 0.497 e. The van der Waals surface area contributed by atoms with Crippen LogP contribution in [0.15, 0.2) is 76.4 Å². The molecule has 37 heavy (non-hydrogen) atoms. The Balaban J connectivity index is 0.00000280. The number of hydrogen-bond donors (Lipinski definition) is 2. The summed E-state index contributed by atoms with van der Waals surface area (Å²) in [7, 11) is 3.41. The maximum Gasteiger partial charge on any atom is 0.277 e. The molecular weight excluding hydrogens is 508 g/mol. The lowest BCUT2D eigenvalue weighted by atomic mass is 9.93. The number of nitrogens with zero attached hydrogens (tertiary/aromatic N) is 2. The second-order valence-electron chi connectivity index (χ2n) is 8.66. The number of rotatable bonds is 7. The number of H-pyrrole nitrogens is 1. The van der Waals surface area contributed by atoms with Crippen molar-refractivity contribution < 1.29 is 13.9 Å². The van der Waals surface area contributed by atoms with Crippen molar-refractivity contribution in [2.24, 2.45) is 0 Å². The van der Waals surface area contributed by atoms with Crippen LogP contribution in [0.1, 0.15) is 28.4 Å². The van der Waals surface area contributed by atoms with Crippen LogP contribution in [0.5, 0.6) is 11.5 Å². The van der Waals surface area contributed by atoms with Gasteiger partial charge in [-0.15, -0.1) is 22.6 Å². The molecule has 9 heteroatoms. The molecule has 1 unspecified atom stereocenters. The zero-order valence-corrected chi connectivity index (χ0v) is 22.1. The van der Waals surface area contributed by atoms with Gasteiger partial charge >= 0.3 is 0 Å². The average Bonchev–Trinajstić information content (AvgIpc) is 3.56. The van der Waals surface area contributed by atoms with Crippen LogP contribution in [0.3, 0.4) is 0 Å². The second kappa shape index (κ2) is 10.9. The van der Waals surface area contributed by atoms with Crippen molar-refractivity contribution in [3.63, 3.8) is 0 Å². The van der Waals surface area contributed by atoms with Crippen molar-refractivity contribution in [2.45, 2.75) is 23.4 Å². The van der Waals surface area contributed by atoms with Crippen molar-refractivity contribution in [2.75, 3.05) is 20.8 Å². The summed E-state index contributed by atoms with van der Waals surface area (Å²) in [6.07, 6.45) is 0.971. The van der Waals surface area contributed by atoms with Gasteiger partial charge in [-0.05, 0) is 60.0 Å². The predicted octanol–water partition coefficient (Wildman–Crippen LogP) is 6.18. The Hall–Kier alpha value is -3.46. The molecule has 2 N–H and O–H groups in total. The number of aromatic amines is 1. The highest BCUT2D eigenvalue weighted by Gasteiger charge is 2.26. The lowest BCUT2D eigenvalue weighted by Crippen LogP contribution is -2.30. The highest BCUT2D eigenvalue weighted by Crippen LogP contribution is 2.37. The first kappa shape index (κ1) is 25.2. The molecule has 6 rings (SSSR count). The van der Waals surface area contributed by atoms with E-state index >= 15 is 0 Å². The number of thioether (sulfide) groups is 1. The first-order valence-corrected chi connectivity index (χ1v) is 12.8. The van der Waals surface area contributed by atoms with Crippen LogP contribution in [0.25, 0.3) is 22.4 Å². The van der Waals surface area contributed by atoms with Crippen LogP contribution >= 0.6 is 24.2 Å². The topological polar surface area (TPSA) is 85.2 Å². The standard InChI is InChI=1S/C28H26N4O3S.ClH/c1-33-20-9-10-23-22(15-20)21-12-13-29-25(26(21)30-23)18-8-11-24(34-2)19(14-18)16-36-28-32-31-27(35-28)17-6-4-3-5-7-17;/h3-11,14-15,25,29-30H,12-13,16H2,1-2H3;1H. The first-order valence-electron chi connectivity index (χ1n) is 11.8. The van der Waals surface area contributed by atoms with Crippen molar-refractivity contribution in [1.29, 1.82) is 0 Å². The van der Waals surface area contributed by atoms with Gasteiger partial charge in [-0.3, -0.25) is 0 Å². The number of halogens is 1. The van der Waals surface area contributed by atoms with E-state index in [-0.39, 0.29) is 18.4 Å². The van der Waals surface area contributed by atoms with Gasteiger partial charge in [-0.2, -0.15) is 0 Å². The maximum atomic E-state index is 5.88. The van der Waals surface area contributed by atoms with E-state index in [0.717, 1.165) is 41.1 Å². The molecule has 0 saturated heterocycles. The fraction of sp³-hybridized carbons (Fsp3) is 0.214. The van der Waals surface area contributed by atoms with Crippen molar-refractivity contribution in [3.05, 3.63) is 89.1 Å². The third-order valence-corrected chi connectivity index (χ3v) is 7.44. The minimum absolute atomic E-state index is 0. The summed E-state index contributed by atoms with van der Waals surface area (Å²) < 4.78 is 17.0. The van der Waals surface area contributed by atoms with E-state index in [1.54, 1.807) is 14.2 Å². The summed E-state index contributed by atoms with van der Waals surface area (Å²) >= 11 is 1.51.